The molecule has 4 heterocycles. The molecule has 4 aromatic rings. The monoisotopic (exact) mass is 462 g/mol. The number of thiophene rings is 2. The predicted molar refractivity (Wildman–Crippen MR) is 128 cm³/mol. The minimum atomic E-state index is 0.202. The zero-order valence-electron chi connectivity index (χ0n) is 17.4. The summed E-state index contributed by atoms with van der Waals surface area (Å²) in [6, 6.07) is 20.8. The van der Waals surface area contributed by atoms with Crippen LogP contribution in [0.1, 0.15) is 23.0 Å². The summed E-state index contributed by atoms with van der Waals surface area (Å²) in [7, 11) is 0. The van der Waals surface area contributed by atoms with E-state index in [0.29, 0.717) is 26.4 Å². The second kappa shape index (κ2) is 8.52. The molecule has 2 aromatic heterocycles. The normalized spacial score (nSPS) is 19.8. The van der Waals surface area contributed by atoms with Crippen molar-refractivity contribution in [3.05, 3.63) is 82.6 Å². The van der Waals surface area contributed by atoms with E-state index in [-0.39, 0.29) is 11.8 Å². The number of fused-ring (bicyclic) bond motifs is 2. The van der Waals surface area contributed by atoms with Gasteiger partial charge < -0.3 is 18.9 Å². The fraction of sp³-hybridized carbons (Fsp3) is 0.231. The zero-order valence-corrected chi connectivity index (χ0v) is 19.0. The van der Waals surface area contributed by atoms with E-state index in [1.165, 1.54) is 11.1 Å². The molecule has 0 spiro atoms. The quantitative estimate of drug-likeness (QED) is 0.344. The van der Waals surface area contributed by atoms with Gasteiger partial charge in [0, 0.05) is 10.8 Å². The van der Waals surface area contributed by atoms with Gasteiger partial charge in [0.2, 0.25) is 0 Å². The van der Waals surface area contributed by atoms with E-state index in [4.69, 9.17) is 18.9 Å². The standard InChI is InChI=1S/C26H22O4S2/c1-3-7-17(8-4-1)19-11-27-21-15-31-25(23(21)29-13-19)26-24-22(16-32-26)28-12-20(14-30-24)18-9-5-2-6-10-18/h1-10,15-16,19-20H,11-14H2. The number of benzene rings is 2. The van der Waals surface area contributed by atoms with E-state index in [1.807, 2.05) is 22.9 Å². The lowest BCUT2D eigenvalue weighted by Crippen LogP contribution is -2.15. The minimum absolute atomic E-state index is 0.202. The third-order valence-corrected chi connectivity index (χ3v) is 7.96. The van der Waals surface area contributed by atoms with Crippen molar-refractivity contribution in [1.29, 1.82) is 0 Å². The van der Waals surface area contributed by atoms with Crippen LogP contribution in [0.5, 0.6) is 23.0 Å². The van der Waals surface area contributed by atoms with Crippen LogP contribution in [-0.2, 0) is 0 Å². The first kappa shape index (κ1) is 19.7. The Hall–Kier alpha value is -2.96. The van der Waals surface area contributed by atoms with Crippen molar-refractivity contribution in [2.24, 2.45) is 0 Å². The number of hydrogen-bond donors (Lipinski definition) is 0. The molecule has 2 aliphatic rings. The summed E-state index contributed by atoms with van der Waals surface area (Å²) in [6.45, 7) is 2.38. The number of rotatable bonds is 3. The SMILES string of the molecule is c1ccc(C2COc3csc(-c4scc5c4OCC(c4ccccc4)CO5)c3OC2)cc1. The van der Waals surface area contributed by atoms with E-state index >= 15 is 0 Å². The molecule has 6 rings (SSSR count). The number of hydrogen-bond acceptors (Lipinski definition) is 6. The molecule has 0 saturated heterocycles. The first-order valence-corrected chi connectivity index (χ1v) is 12.5. The van der Waals surface area contributed by atoms with Gasteiger partial charge in [-0.25, -0.2) is 0 Å². The van der Waals surface area contributed by atoms with Crippen LogP contribution >= 0.6 is 22.7 Å². The molecule has 0 fully saturated rings. The van der Waals surface area contributed by atoms with Crippen molar-refractivity contribution in [2.45, 2.75) is 11.8 Å². The maximum absolute atomic E-state index is 6.32. The molecule has 162 valence electrons. The van der Waals surface area contributed by atoms with Gasteiger partial charge >= 0.3 is 0 Å². The van der Waals surface area contributed by atoms with Crippen LogP contribution in [0, 0.1) is 0 Å². The first-order valence-electron chi connectivity index (χ1n) is 10.7. The molecule has 32 heavy (non-hydrogen) atoms. The van der Waals surface area contributed by atoms with Gasteiger partial charge in [0.15, 0.2) is 23.0 Å². The van der Waals surface area contributed by atoms with E-state index in [2.05, 4.69) is 48.5 Å². The summed E-state index contributed by atoms with van der Waals surface area (Å²) in [6.07, 6.45) is 0. The fourth-order valence-corrected chi connectivity index (χ4v) is 6.15. The molecule has 2 atom stereocenters. The molecule has 6 heteroatoms. The highest BCUT2D eigenvalue weighted by Crippen LogP contribution is 2.54. The molecule has 0 saturated carbocycles. The van der Waals surface area contributed by atoms with Crippen molar-refractivity contribution < 1.29 is 18.9 Å². The Kier molecular flexibility index (Phi) is 5.25. The Morgan fingerprint density at radius 2 is 0.938 bits per heavy atom. The van der Waals surface area contributed by atoms with Crippen LogP contribution in [0.4, 0.5) is 0 Å². The summed E-state index contributed by atoms with van der Waals surface area (Å²) >= 11 is 3.26. The molecule has 2 unspecified atom stereocenters. The Balaban J connectivity index is 1.25. The summed E-state index contributed by atoms with van der Waals surface area (Å²) < 4.78 is 24.9. The third kappa shape index (κ3) is 3.63. The summed E-state index contributed by atoms with van der Waals surface area (Å²) in [4.78, 5) is 2.09. The fourth-order valence-electron chi connectivity index (χ4n) is 4.13. The lowest BCUT2D eigenvalue weighted by Gasteiger charge is -2.14. The average molecular weight is 463 g/mol. The lowest BCUT2D eigenvalue weighted by molar-refractivity contribution is 0.262. The maximum atomic E-state index is 6.32. The van der Waals surface area contributed by atoms with Gasteiger partial charge in [-0.1, -0.05) is 60.7 Å². The van der Waals surface area contributed by atoms with Crippen LogP contribution in [0.15, 0.2) is 71.4 Å². The van der Waals surface area contributed by atoms with E-state index < -0.39 is 0 Å². The molecule has 2 aliphatic heterocycles. The van der Waals surface area contributed by atoms with Crippen molar-refractivity contribution in [3.63, 3.8) is 0 Å². The Labute approximate surface area is 195 Å². The van der Waals surface area contributed by atoms with Crippen LogP contribution in [0.2, 0.25) is 0 Å². The summed E-state index contributed by atoms with van der Waals surface area (Å²) in [5.41, 5.74) is 2.47. The Bertz CT molecular complexity index is 1100. The molecular weight excluding hydrogens is 440 g/mol. The van der Waals surface area contributed by atoms with Gasteiger partial charge in [-0.3, -0.25) is 0 Å². The predicted octanol–water partition coefficient (Wildman–Crippen LogP) is 6.59. The Morgan fingerprint density at radius 1 is 0.531 bits per heavy atom. The van der Waals surface area contributed by atoms with Gasteiger partial charge in [-0.2, -0.15) is 0 Å². The molecule has 0 bridgehead atoms. The Morgan fingerprint density at radius 3 is 1.38 bits per heavy atom. The highest BCUT2D eigenvalue weighted by molar-refractivity contribution is 7.21. The van der Waals surface area contributed by atoms with Gasteiger partial charge in [-0.15, -0.1) is 22.7 Å². The molecule has 2 aromatic carbocycles. The van der Waals surface area contributed by atoms with Crippen molar-refractivity contribution >= 4 is 22.7 Å². The zero-order chi connectivity index (χ0) is 21.3. The van der Waals surface area contributed by atoms with Gasteiger partial charge in [0.1, 0.15) is 0 Å². The van der Waals surface area contributed by atoms with Crippen LogP contribution in [-0.4, -0.2) is 26.4 Å². The number of ether oxygens (including phenoxy) is 4. The molecule has 0 amide bonds. The van der Waals surface area contributed by atoms with Crippen LogP contribution in [0.3, 0.4) is 0 Å². The van der Waals surface area contributed by atoms with Gasteiger partial charge in [0.25, 0.3) is 0 Å². The van der Waals surface area contributed by atoms with Crippen molar-refractivity contribution in [1.82, 2.24) is 0 Å². The topological polar surface area (TPSA) is 36.9 Å². The summed E-state index contributed by atoms with van der Waals surface area (Å²) in [5, 5.41) is 4.07. The van der Waals surface area contributed by atoms with E-state index in [9.17, 15) is 0 Å². The van der Waals surface area contributed by atoms with Gasteiger partial charge in [0.05, 0.1) is 48.0 Å². The van der Waals surface area contributed by atoms with E-state index in [0.717, 1.165) is 32.8 Å². The molecular formula is C26H22O4S2. The molecule has 4 nitrogen and oxygen atoms in total. The lowest BCUT2D eigenvalue weighted by atomic mass is 10.0. The van der Waals surface area contributed by atoms with Crippen molar-refractivity contribution in [3.8, 4) is 32.8 Å². The highest BCUT2D eigenvalue weighted by atomic mass is 32.1. The van der Waals surface area contributed by atoms with Crippen LogP contribution < -0.4 is 18.9 Å². The molecule has 0 N–H and O–H groups in total. The minimum Gasteiger partial charge on any atom is -0.488 e. The second-order valence-corrected chi connectivity index (χ2v) is 9.73. The second-order valence-electron chi connectivity index (χ2n) is 7.98. The van der Waals surface area contributed by atoms with Crippen LogP contribution in [0.25, 0.3) is 9.75 Å². The smallest absolute Gasteiger partial charge is 0.180 e. The average Bonchev–Trinajstić information content (AvgIpc) is 3.28. The maximum Gasteiger partial charge on any atom is 0.180 e. The molecule has 0 radical (unpaired) electrons. The van der Waals surface area contributed by atoms with Gasteiger partial charge in [-0.05, 0) is 11.1 Å². The third-order valence-electron chi connectivity index (χ3n) is 5.91. The highest BCUT2D eigenvalue weighted by Gasteiger charge is 2.30. The first-order chi connectivity index (χ1) is 15.9. The van der Waals surface area contributed by atoms with E-state index in [1.54, 1.807) is 22.7 Å². The molecule has 0 aliphatic carbocycles. The largest absolute Gasteiger partial charge is 0.488 e. The van der Waals surface area contributed by atoms with Crippen molar-refractivity contribution in [2.75, 3.05) is 26.4 Å². The summed E-state index contributed by atoms with van der Waals surface area (Å²) in [5.74, 6) is 3.64.